The third kappa shape index (κ3) is 3.23. The van der Waals surface area contributed by atoms with Crippen LogP contribution in [0.2, 0.25) is 0 Å². The Kier molecular flexibility index (Phi) is 4.78. The van der Waals surface area contributed by atoms with Crippen LogP contribution in [0.3, 0.4) is 0 Å². The molecule has 32 heavy (non-hydrogen) atoms. The minimum absolute atomic E-state index is 0.0987. The van der Waals surface area contributed by atoms with Crippen molar-refractivity contribution in [3.63, 3.8) is 0 Å². The van der Waals surface area contributed by atoms with Gasteiger partial charge >= 0.3 is 0 Å². The topological polar surface area (TPSA) is 32.3 Å². The van der Waals surface area contributed by atoms with E-state index in [1.54, 1.807) is 0 Å². The molecule has 0 saturated heterocycles. The van der Waals surface area contributed by atoms with Crippen LogP contribution in [0.25, 0.3) is 0 Å². The van der Waals surface area contributed by atoms with Crippen LogP contribution >= 0.6 is 0 Å². The van der Waals surface area contributed by atoms with E-state index in [4.69, 9.17) is 0 Å². The lowest BCUT2D eigenvalue weighted by molar-refractivity contribution is 0.0785. The fourth-order valence-electron chi connectivity index (χ4n) is 6.76. The maximum atomic E-state index is 13.3. The number of nitrogens with zero attached hydrogens (tertiary/aromatic N) is 1. The van der Waals surface area contributed by atoms with Crippen LogP contribution in [0.1, 0.15) is 58.3 Å². The molecule has 1 aliphatic heterocycles. The molecule has 2 bridgehead atoms. The molecule has 3 heteroatoms. The van der Waals surface area contributed by atoms with E-state index in [1.165, 1.54) is 36.1 Å². The van der Waals surface area contributed by atoms with Gasteiger partial charge in [0.2, 0.25) is 0 Å². The summed E-state index contributed by atoms with van der Waals surface area (Å²) >= 11 is 0. The molecule has 2 saturated carbocycles. The van der Waals surface area contributed by atoms with Gasteiger partial charge in [0.25, 0.3) is 5.91 Å². The molecule has 1 amide bonds. The van der Waals surface area contributed by atoms with Crippen LogP contribution in [0, 0.1) is 17.8 Å². The van der Waals surface area contributed by atoms with Gasteiger partial charge in [-0.3, -0.25) is 4.79 Å². The first-order valence-electron chi connectivity index (χ1n) is 11.9. The molecule has 1 N–H and O–H groups in total. The lowest BCUT2D eigenvalue weighted by Crippen LogP contribution is -2.35. The molecule has 0 unspecified atom stereocenters. The van der Waals surface area contributed by atoms with Crippen molar-refractivity contribution in [1.29, 1.82) is 0 Å². The first-order chi connectivity index (χ1) is 15.7. The zero-order valence-corrected chi connectivity index (χ0v) is 18.6. The lowest BCUT2D eigenvalue weighted by Gasteiger charge is -2.43. The third-order valence-corrected chi connectivity index (χ3v) is 8.10. The fourth-order valence-corrected chi connectivity index (χ4v) is 6.76. The zero-order valence-electron chi connectivity index (χ0n) is 18.6. The SMILES string of the molecule is CN(Cc1ccccc1)C(=O)c1ccc2c(c1)[C@@H]1[C@H]3CC[C@@H](C3)[C@H]1[C@H](c1ccccc1)N2. The van der Waals surface area contributed by atoms with Crippen molar-refractivity contribution in [1.82, 2.24) is 4.90 Å². The highest BCUT2D eigenvalue weighted by atomic mass is 16.2. The number of rotatable bonds is 4. The van der Waals surface area contributed by atoms with Gasteiger partial charge in [-0.05, 0) is 77.8 Å². The average molecular weight is 423 g/mol. The van der Waals surface area contributed by atoms with Crippen LogP contribution in [0.15, 0.2) is 78.9 Å². The first kappa shape index (κ1) is 19.6. The molecule has 3 aliphatic rings. The van der Waals surface area contributed by atoms with Crippen molar-refractivity contribution in [2.45, 2.75) is 37.8 Å². The quantitative estimate of drug-likeness (QED) is 0.538. The molecule has 6 rings (SSSR count). The monoisotopic (exact) mass is 422 g/mol. The standard InChI is InChI=1S/C29H30N2O/c1-31(18-19-8-4-2-5-9-19)29(32)23-14-15-25-24(17-23)26-21-12-13-22(16-21)27(26)28(30-25)20-10-6-3-7-11-20/h2-11,14-15,17,21-22,26-28,30H,12-13,16,18H2,1H3/t21-,22-,26-,27+,28-/m0/s1. The largest absolute Gasteiger partial charge is 0.378 e. The molecule has 0 radical (unpaired) electrons. The lowest BCUT2D eigenvalue weighted by atomic mass is 9.68. The van der Waals surface area contributed by atoms with Crippen molar-refractivity contribution in [2.75, 3.05) is 12.4 Å². The summed E-state index contributed by atoms with van der Waals surface area (Å²) in [6, 6.07) is 27.9. The maximum absolute atomic E-state index is 13.3. The highest BCUT2D eigenvalue weighted by Gasteiger charge is 2.53. The fraction of sp³-hybridized carbons (Fsp3) is 0.345. The van der Waals surface area contributed by atoms with Crippen molar-refractivity contribution in [2.24, 2.45) is 17.8 Å². The van der Waals surface area contributed by atoms with E-state index in [1.807, 2.05) is 36.2 Å². The smallest absolute Gasteiger partial charge is 0.253 e. The Morgan fingerprint density at radius 1 is 0.938 bits per heavy atom. The summed E-state index contributed by atoms with van der Waals surface area (Å²) < 4.78 is 0. The number of carbonyl (C=O) groups is 1. The molecular weight excluding hydrogens is 392 g/mol. The number of hydrogen-bond donors (Lipinski definition) is 1. The van der Waals surface area contributed by atoms with E-state index in [0.717, 1.165) is 23.0 Å². The number of fused-ring (bicyclic) bond motifs is 7. The Labute approximate surface area is 190 Å². The maximum Gasteiger partial charge on any atom is 0.253 e. The molecule has 3 aromatic carbocycles. The normalized spacial score (nSPS) is 27.3. The number of benzene rings is 3. The summed E-state index contributed by atoms with van der Waals surface area (Å²) in [4.78, 5) is 15.1. The molecule has 0 aromatic heterocycles. The van der Waals surface area contributed by atoms with Crippen molar-refractivity contribution in [3.05, 3.63) is 101 Å². The van der Waals surface area contributed by atoms with Gasteiger partial charge in [0, 0.05) is 24.8 Å². The minimum Gasteiger partial charge on any atom is -0.378 e. The van der Waals surface area contributed by atoms with Gasteiger partial charge in [-0.15, -0.1) is 0 Å². The van der Waals surface area contributed by atoms with Gasteiger partial charge in [0.05, 0.1) is 6.04 Å². The molecule has 0 spiro atoms. The van der Waals surface area contributed by atoms with Crippen molar-refractivity contribution in [3.8, 4) is 0 Å². The third-order valence-electron chi connectivity index (χ3n) is 8.10. The van der Waals surface area contributed by atoms with E-state index in [2.05, 4.69) is 59.9 Å². The molecule has 3 nitrogen and oxygen atoms in total. The predicted molar refractivity (Wildman–Crippen MR) is 129 cm³/mol. The van der Waals surface area contributed by atoms with E-state index < -0.39 is 0 Å². The molecule has 2 fully saturated rings. The highest BCUT2D eigenvalue weighted by Crippen LogP contribution is 2.63. The van der Waals surface area contributed by atoms with Crippen molar-refractivity contribution < 1.29 is 4.79 Å². The number of amides is 1. The molecule has 2 aliphatic carbocycles. The number of anilines is 1. The van der Waals surface area contributed by atoms with Crippen molar-refractivity contribution >= 4 is 11.6 Å². The van der Waals surface area contributed by atoms with E-state index in [9.17, 15) is 4.79 Å². The zero-order chi connectivity index (χ0) is 21.7. The molecule has 162 valence electrons. The minimum atomic E-state index is 0.0987. The first-order valence-corrected chi connectivity index (χ1v) is 11.9. The average Bonchev–Trinajstić information content (AvgIpc) is 3.47. The highest BCUT2D eigenvalue weighted by molar-refractivity contribution is 5.95. The Morgan fingerprint density at radius 2 is 1.66 bits per heavy atom. The van der Waals surface area contributed by atoms with E-state index in [0.29, 0.717) is 24.4 Å². The summed E-state index contributed by atoms with van der Waals surface area (Å²) in [5, 5.41) is 3.88. The Balaban J connectivity index is 1.32. The van der Waals surface area contributed by atoms with Gasteiger partial charge in [-0.2, -0.15) is 0 Å². The van der Waals surface area contributed by atoms with Gasteiger partial charge < -0.3 is 10.2 Å². The second kappa shape index (κ2) is 7.81. The summed E-state index contributed by atoms with van der Waals surface area (Å²) in [6.07, 6.45) is 4.02. The Bertz CT molecular complexity index is 1130. The summed E-state index contributed by atoms with van der Waals surface area (Å²) in [7, 11) is 1.90. The Hall–Kier alpha value is -3.07. The second-order valence-electron chi connectivity index (χ2n) is 9.92. The molecule has 3 aromatic rings. The molecule has 1 heterocycles. The summed E-state index contributed by atoms with van der Waals surface area (Å²) in [6.45, 7) is 0.627. The van der Waals surface area contributed by atoms with E-state index in [-0.39, 0.29) is 5.91 Å². The van der Waals surface area contributed by atoms with Gasteiger partial charge in [-0.1, -0.05) is 60.7 Å². The van der Waals surface area contributed by atoms with Gasteiger partial charge in [-0.25, -0.2) is 0 Å². The number of carbonyl (C=O) groups excluding carboxylic acids is 1. The molecular formula is C29H30N2O. The van der Waals surface area contributed by atoms with Gasteiger partial charge in [0.1, 0.15) is 0 Å². The van der Waals surface area contributed by atoms with E-state index >= 15 is 0 Å². The second-order valence-corrected chi connectivity index (χ2v) is 9.92. The summed E-state index contributed by atoms with van der Waals surface area (Å²) in [5.41, 5.74) is 5.94. The Morgan fingerprint density at radius 3 is 2.44 bits per heavy atom. The summed E-state index contributed by atoms with van der Waals surface area (Å²) in [5.74, 6) is 2.82. The van der Waals surface area contributed by atoms with Crippen LogP contribution in [0.4, 0.5) is 5.69 Å². The van der Waals surface area contributed by atoms with Crippen LogP contribution in [-0.2, 0) is 6.54 Å². The number of hydrogen-bond acceptors (Lipinski definition) is 2. The van der Waals surface area contributed by atoms with Gasteiger partial charge in [0.15, 0.2) is 0 Å². The molecule has 5 atom stereocenters. The number of nitrogens with one attached hydrogen (secondary N) is 1. The van der Waals surface area contributed by atoms with Crippen LogP contribution < -0.4 is 5.32 Å². The van der Waals surface area contributed by atoms with Crippen LogP contribution in [0.5, 0.6) is 0 Å². The predicted octanol–water partition coefficient (Wildman–Crippen LogP) is 6.26. The van der Waals surface area contributed by atoms with Crippen LogP contribution in [-0.4, -0.2) is 17.9 Å².